The van der Waals surface area contributed by atoms with Gasteiger partial charge in [-0.3, -0.25) is 4.79 Å². The van der Waals surface area contributed by atoms with Gasteiger partial charge in [0, 0.05) is 37.1 Å². The average molecular weight is 397 g/mol. The zero-order valence-corrected chi connectivity index (χ0v) is 18.0. The molecular formula is C23H32N4O2. The molecule has 0 bridgehead atoms. The first-order chi connectivity index (χ1) is 13.9. The Morgan fingerprint density at radius 3 is 2.72 bits per heavy atom. The second-order valence-corrected chi connectivity index (χ2v) is 8.74. The highest BCUT2D eigenvalue weighted by Gasteiger charge is 2.28. The maximum Gasteiger partial charge on any atom is 0.261 e. The molecule has 0 radical (unpaired) electrons. The Bertz CT molecular complexity index is 871. The molecule has 2 aromatic rings. The van der Waals surface area contributed by atoms with Gasteiger partial charge >= 0.3 is 0 Å². The fraction of sp³-hybridized carbons (Fsp3) is 0.565. The number of carbonyl (C=O) groups is 1. The van der Waals surface area contributed by atoms with Crippen LogP contribution in [0.2, 0.25) is 0 Å². The van der Waals surface area contributed by atoms with E-state index in [1.807, 2.05) is 13.0 Å². The fourth-order valence-corrected chi connectivity index (χ4v) is 4.79. The number of nitrogens with zero attached hydrogens (tertiary/aromatic N) is 3. The van der Waals surface area contributed by atoms with Crippen molar-refractivity contribution >= 4 is 17.3 Å². The topological polar surface area (TPSA) is 61.6 Å². The zero-order valence-electron chi connectivity index (χ0n) is 18.0. The molecule has 3 heterocycles. The molecule has 0 unspecified atom stereocenters. The first-order valence-corrected chi connectivity index (χ1v) is 10.8. The summed E-state index contributed by atoms with van der Waals surface area (Å²) in [5.41, 5.74) is 4.28. The Morgan fingerprint density at radius 1 is 1.24 bits per heavy atom. The van der Waals surface area contributed by atoms with Crippen molar-refractivity contribution in [2.24, 2.45) is 5.92 Å². The molecule has 0 spiro atoms. The molecule has 2 aliphatic heterocycles. The normalized spacial score (nSPS) is 22.4. The van der Waals surface area contributed by atoms with Crippen LogP contribution in [0.25, 0.3) is 0 Å². The molecule has 156 valence electrons. The van der Waals surface area contributed by atoms with Crippen LogP contribution in [0, 0.1) is 26.7 Å². The van der Waals surface area contributed by atoms with Crippen molar-refractivity contribution in [3.05, 3.63) is 40.8 Å². The van der Waals surface area contributed by atoms with E-state index in [1.165, 1.54) is 38.0 Å². The number of hydrogen-bond acceptors (Lipinski definition) is 5. The molecule has 0 aliphatic carbocycles. The number of aromatic nitrogens is 1. The van der Waals surface area contributed by atoms with E-state index >= 15 is 0 Å². The van der Waals surface area contributed by atoms with Gasteiger partial charge in [-0.15, -0.1) is 0 Å². The van der Waals surface area contributed by atoms with Gasteiger partial charge in [0.2, 0.25) is 0 Å². The maximum absolute atomic E-state index is 12.6. The van der Waals surface area contributed by atoms with Gasteiger partial charge in [-0.1, -0.05) is 5.16 Å². The van der Waals surface area contributed by atoms with Crippen LogP contribution in [0.1, 0.15) is 53.6 Å². The molecule has 2 fully saturated rings. The summed E-state index contributed by atoms with van der Waals surface area (Å²) >= 11 is 0. The van der Waals surface area contributed by atoms with Crippen LogP contribution in [-0.2, 0) is 0 Å². The molecule has 1 aromatic heterocycles. The molecule has 29 heavy (non-hydrogen) atoms. The molecule has 1 N–H and O–H groups in total. The number of benzene rings is 1. The SMILES string of the molecule is Cc1cc(N2CC[C@H](CN3CCC[C@@H]3C)C2)ccc1NC(=O)c1c(C)noc1C. The van der Waals surface area contributed by atoms with Crippen molar-refractivity contribution in [1.82, 2.24) is 10.1 Å². The Labute approximate surface area is 173 Å². The highest BCUT2D eigenvalue weighted by atomic mass is 16.5. The van der Waals surface area contributed by atoms with Crippen LogP contribution in [0.3, 0.4) is 0 Å². The van der Waals surface area contributed by atoms with Crippen LogP contribution >= 0.6 is 0 Å². The number of hydrogen-bond donors (Lipinski definition) is 1. The highest BCUT2D eigenvalue weighted by Crippen LogP contribution is 2.29. The number of rotatable bonds is 5. The third-order valence-corrected chi connectivity index (χ3v) is 6.55. The van der Waals surface area contributed by atoms with Crippen LogP contribution in [0.15, 0.2) is 22.7 Å². The van der Waals surface area contributed by atoms with Crippen molar-refractivity contribution in [3.8, 4) is 0 Å². The molecule has 2 saturated heterocycles. The van der Waals surface area contributed by atoms with E-state index in [0.717, 1.165) is 36.3 Å². The number of likely N-dealkylation sites (tertiary alicyclic amines) is 1. The third kappa shape index (κ3) is 4.17. The van der Waals surface area contributed by atoms with Gasteiger partial charge in [-0.05, 0) is 83.2 Å². The first kappa shape index (κ1) is 20.0. The Kier molecular flexibility index (Phi) is 5.63. The number of aryl methyl sites for hydroxylation is 3. The zero-order chi connectivity index (χ0) is 20.5. The minimum atomic E-state index is -0.168. The minimum Gasteiger partial charge on any atom is -0.371 e. The molecule has 1 aromatic carbocycles. The standard InChI is InChI=1S/C23H32N4O2/c1-15-12-20(27-11-9-19(14-27)13-26-10-5-6-16(26)2)7-8-21(15)24-23(28)22-17(3)25-29-18(22)4/h7-8,12,16,19H,5-6,9-11,13-14H2,1-4H3,(H,24,28)/t16-,19+/m0/s1. The van der Waals surface area contributed by atoms with Gasteiger partial charge in [-0.2, -0.15) is 0 Å². The predicted molar refractivity (Wildman–Crippen MR) is 116 cm³/mol. The Hall–Kier alpha value is -2.34. The molecule has 0 saturated carbocycles. The predicted octanol–water partition coefficient (Wildman–Crippen LogP) is 4.16. The smallest absolute Gasteiger partial charge is 0.261 e. The van der Waals surface area contributed by atoms with E-state index in [-0.39, 0.29) is 5.91 Å². The molecule has 4 rings (SSSR count). The lowest BCUT2D eigenvalue weighted by atomic mass is 10.1. The molecule has 1 amide bonds. The average Bonchev–Trinajstić information content (AvgIpc) is 3.39. The van der Waals surface area contributed by atoms with E-state index in [9.17, 15) is 4.79 Å². The molecule has 6 heteroatoms. The van der Waals surface area contributed by atoms with Crippen LogP contribution in [0.5, 0.6) is 0 Å². The largest absolute Gasteiger partial charge is 0.371 e. The lowest BCUT2D eigenvalue weighted by molar-refractivity contribution is 0.102. The third-order valence-electron chi connectivity index (χ3n) is 6.55. The highest BCUT2D eigenvalue weighted by molar-refractivity contribution is 6.06. The van der Waals surface area contributed by atoms with E-state index in [1.54, 1.807) is 13.8 Å². The van der Waals surface area contributed by atoms with Crippen molar-refractivity contribution in [1.29, 1.82) is 0 Å². The van der Waals surface area contributed by atoms with Crippen molar-refractivity contribution < 1.29 is 9.32 Å². The summed E-state index contributed by atoms with van der Waals surface area (Å²) in [6.45, 7) is 12.7. The lowest BCUT2D eigenvalue weighted by Gasteiger charge is -2.25. The van der Waals surface area contributed by atoms with Gasteiger partial charge < -0.3 is 19.6 Å². The van der Waals surface area contributed by atoms with Crippen molar-refractivity contribution in [2.45, 2.75) is 53.0 Å². The Balaban J connectivity index is 1.39. The summed E-state index contributed by atoms with van der Waals surface area (Å²) in [4.78, 5) is 17.8. The lowest BCUT2D eigenvalue weighted by Crippen LogP contribution is -2.33. The fourth-order valence-electron chi connectivity index (χ4n) is 4.79. The van der Waals surface area contributed by atoms with Gasteiger partial charge in [0.25, 0.3) is 5.91 Å². The van der Waals surface area contributed by atoms with Gasteiger partial charge in [0.1, 0.15) is 11.3 Å². The summed E-state index contributed by atoms with van der Waals surface area (Å²) in [5.74, 6) is 1.12. The summed E-state index contributed by atoms with van der Waals surface area (Å²) in [5, 5.41) is 6.88. The van der Waals surface area contributed by atoms with Gasteiger partial charge in [0.05, 0.1) is 5.69 Å². The van der Waals surface area contributed by atoms with Crippen LogP contribution < -0.4 is 10.2 Å². The summed E-state index contributed by atoms with van der Waals surface area (Å²) < 4.78 is 5.11. The maximum atomic E-state index is 12.6. The quantitative estimate of drug-likeness (QED) is 0.822. The van der Waals surface area contributed by atoms with E-state index in [4.69, 9.17) is 4.52 Å². The monoisotopic (exact) mass is 396 g/mol. The minimum absolute atomic E-state index is 0.168. The van der Waals surface area contributed by atoms with Crippen molar-refractivity contribution in [3.63, 3.8) is 0 Å². The van der Waals surface area contributed by atoms with E-state index in [0.29, 0.717) is 17.0 Å². The molecular weight excluding hydrogens is 364 g/mol. The summed E-state index contributed by atoms with van der Waals surface area (Å²) in [7, 11) is 0. The number of amides is 1. The molecule has 2 atom stereocenters. The number of nitrogens with one attached hydrogen (secondary N) is 1. The van der Waals surface area contributed by atoms with E-state index in [2.05, 4.69) is 39.3 Å². The molecule has 2 aliphatic rings. The summed E-state index contributed by atoms with van der Waals surface area (Å²) in [6.07, 6.45) is 3.95. The van der Waals surface area contributed by atoms with E-state index < -0.39 is 0 Å². The second-order valence-electron chi connectivity index (χ2n) is 8.74. The summed E-state index contributed by atoms with van der Waals surface area (Å²) in [6, 6.07) is 7.06. The second kappa shape index (κ2) is 8.19. The van der Waals surface area contributed by atoms with Crippen LogP contribution in [-0.4, -0.2) is 48.2 Å². The first-order valence-electron chi connectivity index (χ1n) is 10.8. The number of carbonyl (C=O) groups excluding carboxylic acids is 1. The van der Waals surface area contributed by atoms with Crippen LogP contribution in [0.4, 0.5) is 11.4 Å². The van der Waals surface area contributed by atoms with Gasteiger partial charge in [-0.25, -0.2) is 0 Å². The Morgan fingerprint density at radius 2 is 2.07 bits per heavy atom. The van der Waals surface area contributed by atoms with Gasteiger partial charge in [0.15, 0.2) is 0 Å². The van der Waals surface area contributed by atoms with Crippen molar-refractivity contribution in [2.75, 3.05) is 36.4 Å². The number of anilines is 2. The molecule has 6 nitrogen and oxygen atoms in total.